The molecule has 0 aromatic heterocycles. The lowest BCUT2D eigenvalue weighted by atomic mass is 9.86. The van der Waals surface area contributed by atoms with Crippen LogP contribution in [0.5, 0.6) is 0 Å². The Morgan fingerprint density at radius 3 is 2.15 bits per heavy atom. The minimum Gasteiger partial charge on any atom is -0.384 e. The Kier molecular flexibility index (Phi) is 3.40. The second-order valence-electron chi connectivity index (χ2n) is 5.24. The first kappa shape index (κ1) is 10.6. The fourth-order valence-corrected chi connectivity index (χ4v) is 2.03. The fourth-order valence-electron chi connectivity index (χ4n) is 2.03. The molecule has 0 aliphatic heterocycles. The molecule has 1 aliphatic carbocycles. The zero-order chi connectivity index (χ0) is 9.90. The Morgan fingerprint density at radius 2 is 1.69 bits per heavy atom. The fraction of sp³-hybridized carbons (Fsp3) is 0.833. The van der Waals surface area contributed by atoms with E-state index >= 15 is 0 Å². The van der Waals surface area contributed by atoms with Gasteiger partial charge in [-0.2, -0.15) is 0 Å². The van der Waals surface area contributed by atoms with Gasteiger partial charge in [-0.25, -0.2) is 0 Å². The number of allylic oxidation sites excluding steroid dienone is 1. The Labute approximate surface area is 82.6 Å². The van der Waals surface area contributed by atoms with E-state index in [4.69, 9.17) is 0 Å². The highest BCUT2D eigenvalue weighted by molar-refractivity contribution is 5.02. The SMILES string of the molecule is C=C(NC(C)(C)C)C1CCCCC1. The van der Waals surface area contributed by atoms with Gasteiger partial charge in [0.25, 0.3) is 0 Å². The van der Waals surface area contributed by atoms with Gasteiger partial charge in [0.1, 0.15) is 0 Å². The molecule has 0 radical (unpaired) electrons. The predicted molar refractivity (Wildman–Crippen MR) is 58.6 cm³/mol. The Bertz CT molecular complexity index is 170. The first-order chi connectivity index (χ1) is 5.99. The molecule has 0 saturated heterocycles. The van der Waals surface area contributed by atoms with Crippen molar-refractivity contribution < 1.29 is 0 Å². The second kappa shape index (κ2) is 4.17. The van der Waals surface area contributed by atoms with E-state index in [0.29, 0.717) is 0 Å². The number of nitrogens with one attached hydrogen (secondary N) is 1. The van der Waals surface area contributed by atoms with E-state index in [2.05, 4.69) is 32.7 Å². The Balaban J connectivity index is 2.38. The molecule has 1 rings (SSSR count). The van der Waals surface area contributed by atoms with Gasteiger partial charge in [0.05, 0.1) is 0 Å². The third kappa shape index (κ3) is 3.84. The number of hydrogen-bond donors (Lipinski definition) is 1. The lowest BCUT2D eigenvalue weighted by Gasteiger charge is -2.30. The maximum absolute atomic E-state index is 4.15. The zero-order valence-electron chi connectivity index (χ0n) is 9.32. The number of rotatable bonds is 2. The van der Waals surface area contributed by atoms with Gasteiger partial charge >= 0.3 is 0 Å². The third-order valence-corrected chi connectivity index (χ3v) is 2.63. The van der Waals surface area contributed by atoms with Crippen molar-refractivity contribution in [3.63, 3.8) is 0 Å². The first-order valence-corrected chi connectivity index (χ1v) is 5.46. The smallest absolute Gasteiger partial charge is 0.0286 e. The van der Waals surface area contributed by atoms with Crippen molar-refractivity contribution in [2.24, 2.45) is 5.92 Å². The quantitative estimate of drug-likeness (QED) is 0.688. The van der Waals surface area contributed by atoms with Crippen molar-refractivity contribution in [3.05, 3.63) is 12.3 Å². The van der Waals surface area contributed by atoms with Crippen LogP contribution in [0.25, 0.3) is 0 Å². The van der Waals surface area contributed by atoms with Gasteiger partial charge in [0.15, 0.2) is 0 Å². The van der Waals surface area contributed by atoms with E-state index in [1.54, 1.807) is 0 Å². The highest BCUT2D eigenvalue weighted by atomic mass is 15.0. The molecular formula is C12H23N. The summed E-state index contributed by atoms with van der Waals surface area (Å²) in [6.07, 6.45) is 6.86. The average Bonchev–Trinajstić information content (AvgIpc) is 2.03. The van der Waals surface area contributed by atoms with Crippen molar-refractivity contribution in [1.29, 1.82) is 0 Å². The van der Waals surface area contributed by atoms with E-state index in [1.165, 1.54) is 37.8 Å². The lowest BCUT2D eigenvalue weighted by molar-refractivity contribution is 0.356. The van der Waals surface area contributed by atoms with Crippen LogP contribution in [-0.4, -0.2) is 5.54 Å². The van der Waals surface area contributed by atoms with Crippen molar-refractivity contribution in [2.45, 2.75) is 58.4 Å². The molecule has 13 heavy (non-hydrogen) atoms. The molecule has 0 heterocycles. The van der Waals surface area contributed by atoms with Gasteiger partial charge in [-0.3, -0.25) is 0 Å². The van der Waals surface area contributed by atoms with Crippen LogP contribution in [-0.2, 0) is 0 Å². The summed E-state index contributed by atoms with van der Waals surface area (Å²) < 4.78 is 0. The molecule has 0 atom stereocenters. The molecule has 0 aromatic rings. The largest absolute Gasteiger partial charge is 0.384 e. The van der Waals surface area contributed by atoms with Crippen LogP contribution in [0.2, 0.25) is 0 Å². The van der Waals surface area contributed by atoms with E-state index in [9.17, 15) is 0 Å². The maximum atomic E-state index is 4.15. The molecule has 1 heteroatoms. The summed E-state index contributed by atoms with van der Waals surface area (Å²) in [5, 5.41) is 3.49. The molecule has 0 amide bonds. The van der Waals surface area contributed by atoms with Crippen LogP contribution in [0.3, 0.4) is 0 Å². The third-order valence-electron chi connectivity index (χ3n) is 2.63. The molecule has 0 spiro atoms. The van der Waals surface area contributed by atoms with Gasteiger partial charge in [-0.05, 0) is 39.5 Å². The maximum Gasteiger partial charge on any atom is 0.0286 e. The summed E-state index contributed by atoms with van der Waals surface area (Å²) >= 11 is 0. The monoisotopic (exact) mass is 181 g/mol. The van der Waals surface area contributed by atoms with Gasteiger partial charge in [0.2, 0.25) is 0 Å². The van der Waals surface area contributed by atoms with Crippen molar-refractivity contribution in [1.82, 2.24) is 5.32 Å². The van der Waals surface area contributed by atoms with Gasteiger partial charge in [-0.15, -0.1) is 0 Å². The minimum absolute atomic E-state index is 0.175. The lowest BCUT2D eigenvalue weighted by Crippen LogP contribution is -2.37. The van der Waals surface area contributed by atoms with Crippen molar-refractivity contribution in [3.8, 4) is 0 Å². The topological polar surface area (TPSA) is 12.0 Å². The molecule has 1 saturated carbocycles. The summed E-state index contributed by atoms with van der Waals surface area (Å²) in [6, 6.07) is 0. The summed E-state index contributed by atoms with van der Waals surface area (Å²) in [6.45, 7) is 10.7. The van der Waals surface area contributed by atoms with E-state index in [1.807, 2.05) is 0 Å². The molecule has 0 aromatic carbocycles. The van der Waals surface area contributed by atoms with Gasteiger partial charge in [-0.1, -0.05) is 25.8 Å². The minimum atomic E-state index is 0.175. The highest BCUT2D eigenvalue weighted by Crippen LogP contribution is 2.28. The van der Waals surface area contributed by atoms with Crippen LogP contribution < -0.4 is 5.32 Å². The average molecular weight is 181 g/mol. The van der Waals surface area contributed by atoms with E-state index < -0.39 is 0 Å². The standard InChI is InChI=1S/C12H23N/c1-10(13-12(2,3)4)11-8-6-5-7-9-11/h11,13H,1,5-9H2,2-4H3. The van der Waals surface area contributed by atoms with Crippen LogP contribution in [0, 0.1) is 5.92 Å². The molecule has 1 aliphatic rings. The molecule has 1 N–H and O–H groups in total. The number of hydrogen-bond acceptors (Lipinski definition) is 1. The predicted octanol–water partition coefficient (Wildman–Crippen LogP) is 3.47. The normalized spacial score (nSPS) is 19.9. The summed E-state index contributed by atoms with van der Waals surface area (Å²) in [5.74, 6) is 0.730. The molecule has 1 nitrogen and oxygen atoms in total. The summed E-state index contributed by atoms with van der Waals surface area (Å²) in [5.41, 5.74) is 1.43. The second-order valence-corrected chi connectivity index (χ2v) is 5.24. The summed E-state index contributed by atoms with van der Waals surface area (Å²) in [7, 11) is 0. The molecular weight excluding hydrogens is 158 g/mol. The van der Waals surface area contributed by atoms with E-state index in [-0.39, 0.29) is 5.54 Å². The van der Waals surface area contributed by atoms with Gasteiger partial charge in [0, 0.05) is 11.2 Å². The van der Waals surface area contributed by atoms with Crippen LogP contribution in [0.1, 0.15) is 52.9 Å². The summed E-state index contributed by atoms with van der Waals surface area (Å²) in [4.78, 5) is 0. The molecule has 1 fully saturated rings. The van der Waals surface area contributed by atoms with Crippen LogP contribution in [0.15, 0.2) is 12.3 Å². The Morgan fingerprint density at radius 1 is 1.15 bits per heavy atom. The van der Waals surface area contributed by atoms with Crippen LogP contribution >= 0.6 is 0 Å². The van der Waals surface area contributed by atoms with Crippen molar-refractivity contribution >= 4 is 0 Å². The first-order valence-electron chi connectivity index (χ1n) is 5.46. The highest BCUT2D eigenvalue weighted by Gasteiger charge is 2.19. The molecule has 0 unspecified atom stereocenters. The van der Waals surface area contributed by atoms with Gasteiger partial charge < -0.3 is 5.32 Å². The van der Waals surface area contributed by atoms with Crippen molar-refractivity contribution in [2.75, 3.05) is 0 Å². The Hall–Kier alpha value is -0.460. The zero-order valence-corrected chi connectivity index (χ0v) is 9.32. The molecule has 0 bridgehead atoms. The van der Waals surface area contributed by atoms with Crippen LogP contribution in [0.4, 0.5) is 0 Å². The van der Waals surface area contributed by atoms with E-state index in [0.717, 1.165) is 5.92 Å². The molecule has 76 valence electrons.